The molecule has 1 aromatic carbocycles. The Labute approximate surface area is 113 Å². The summed E-state index contributed by atoms with van der Waals surface area (Å²) in [5.74, 6) is -0.941. The number of hydrogen-bond donors (Lipinski definition) is 0. The summed E-state index contributed by atoms with van der Waals surface area (Å²) in [5.41, 5.74) is -0.0607. The van der Waals surface area contributed by atoms with Crippen LogP contribution in [0, 0.1) is 16.0 Å². The average molecular weight is 285 g/mol. The van der Waals surface area contributed by atoms with Crippen LogP contribution in [0.15, 0.2) is 29.2 Å². The Bertz CT molecular complexity index is 499. The van der Waals surface area contributed by atoms with E-state index in [2.05, 4.69) is 4.74 Å². The molecule has 0 saturated heterocycles. The maximum Gasteiger partial charge on any atom is 0.309 e. The molecule has 0 aliphatic heterocycles. The molecule has 7 heteroatoms. The van der Waals surface area contributed by atoms with Crippen molar-refractivity contribution < 1.29 is 18.7 Å². The molecule has 0 aliphatic rings. The molecule has 3 unspecified atom stereocenters. The van der Waals surface area contributed by atoms with Gasteiger partial charge in [0, 0.05) is 22.3 Å². The van der Waals surface area contributed by atoms with Crippen LogP contribution in [0.1, 0.15) is 13.8 Å². The molecule has 0 radical (unpaired) electrons. The quantitative estimate of drug-likeness (QED) is 0.468. The molecule has 0 aliphatic carbocycles. The molecule has 0 fully saturated rings. The first-order valence-electron chi connectivity index (χ1n) is 5.61. The van der Waals surface area contributed by atoms with Gasteiger partial charge in [-0.25, -0.2) is 0 Å². The van der Waals surface area contributed by atoms with Crippen molar-refractivity contribution in [2.24, 2.45) is 5.92 Å². The van der Waals surface area contributed by atoms with Gasteiger partial charge in [0.1, 0.15) is 0 Å². The number of nitrogens with zero attached hydrogens (tertiary/aromatic N) is 1. The van der Waals surface area contributed by atoms with Crippen molar-refractivity contribution in [3.63, 3.8) is 0 Å². The molecule has 0 aromatic heterocycles. The largest absolute Gasteiger partial charge is 0.469 e. The van der Waals surface area contributed by atoms with Crippen molar-refractivity contribution in [2.45, 2.75) is 24.0 Å². The lowest BCUT2D eigenvalue weighted by Gasteiger charge is -2.17. The van der Waals surface area contributed by atoms with E-state index in [1.54, 1.807) is 13.8 Å². The number of hydrogen-bond acceptors (Lipinski definition) is 5. The van der Waals surface area contributed by atoms with Gasteiger partial charge >= 0.3 is 5.97 Å². The third-order valence-electron chi connectivity index (χ3n) is 2.89. The third-order valence-corrected chi connectivity index (χ3v) is 4.71. The molecular weight excluding hydrogens is 270 g/mol. The van der Waals surface area contributed by atoms with Crippen molar-refractivity contribution in [1.82, 2.24) is 0 Å². The van der Waals surface area contributed by atoms with Crippen LogP contribution in [0.25, 0.3) is 0 Å². The topological polar surface area (TPSA) is 86.5 Å². The van der Waals surface area contributed by atoms with Crippen molar-refractivity contribution in [2.75, 3.05) is 7.11 Å². The average Bonchev–Trinajstić information content (AvgIpc) is 2.44. The maximum absolute atomic E-state index is 12.2. The Hall–Kier alpha value is -1.76. The molecule has 0 N–H and O–H groups in total. The number of rotatable bonds is 5. The molecule has 1 rings (SSSR count). The van der Waals surface area contributed by atoms with Gasteiger partial charge in [-0.3, -0.25) is 19.1 Å². The highest BCUT2D eigenvalue weighted by molar-refractivity contribution is 7.85. The second kappa shape index (κ2) is 6.42. The number of esters is 1. The van der Waals surface area contributed by atoms with Gasteiger partial charge < -0.3 is 4.74 Å². The summed E-state index contributed by atoms with van der Waals surface area (Å²) < 4.78 is 16.8. The highest BCUT2D eigenvalue weighted by atomic mass is 32.2. The van der Waals surface area contributed by atoms with Crippen molar-refractivity contribution in [3.05, 3.63) is 34.4 Å². The van der Waals surface area contributed by atoms with Gasteiger partial charge in [-0.1, -0.05) is 6.92 Å². The zero-order chi connectivity index (χ0) is 14.6. The second-order valence-corrected chi connectivity index (χ2v) is 5.88. The van der Waals surface area contributed by atoms with E-state index >= 15 is 0 Å². The van der Waals surface area contributed by atoms with Crippen LogP contribution in [0.4, 0.5) is 5.69 Å². The number of benzene rings is 1. The van der Waals surface area contributed by atoms with Gasteiger partial charge in [-0.05, 0) is 19.1 Å². The predicted octanol–water partition coefficient (Wildman–Crippen LogP) is 1.90. The summed E-state index contributed by atoms with van der Waals surface area (Å²) >= 11 is 0. The van der Waals surface area contributed by atoms with E-state index in [0.717, 1.165) is 0 Å². The monoisotopic (exact) mass is 285 g/mol. The molecule has 104 valence electrons. The van der Waals surface area contributed by atoms with Crippen molar-refractivity contribution in [1.29, 1.82) is 0 Å². The van der Waals surface area contributed by atoms with Crippen LogP contribution in [0.2, 0.25) is 0 Å². The number of nitro groups is 1. The third kappa shape index (κ3) is 3.60. The van der Waals surface area contributed by atoms with Gasteiger partial charge in [0.15, 0.2) is 0 Å². The predicted molar refractivity (Wildman–Crippen MR) is 70.1 cm³/mol. The Morgan fingerprint density at radius 3 is 2.26 bits per heavy atom. The molecule has 0 amide bonds. The molecule has 3 atom stereocenters. The number of nitro benzene ring substituents is 1. The smallest absolute Gasteiger partial charge is 0.309 e. The van der Waals surface area contributed by atoms with Crippen LogP contribution < -0.4 is 0 Å². The van der Waals surface area contributed by atoms with Gasteiger partial charge in [0.25, 0.3) is 5.69 Å². The van der Waals surface area contributed by atoms with E-state index in [-0.39, 0.29) is 5.69 Å². The fraction of sp³-hybridized carbons (Fsp3) is 0.417. The van der Waals surface area contributed by atoms with E-state index in [1.165, 1.54) is 31.4 Å². The number of carbonyl (C=O) groups is 1. The summed E-state index contributed by atoms with van der Waals surface area (Å²) in [7, 11) is -0.147. The lowest BCUT2D eigenvalue weighted by Crippen LogP contribution is -2.28. The number of ether oxygens (including phenoxy) is 1. The van der Waals surface area contributed by atoms with Crippen LogP contribution in [-0.2, 0) is 20.3 Å². The minimum absolute atomic E-state index is 0.0607. The van der Waals surface area contributed by atoms with Gasteiger partial charge in [0.2, 0.25) is 0 Å². The Kier molecular flexibility index (Phi) is 5.17. The van der Waals surface area contributed by atoms with Crippen LogP contribution in [0.5, 0.6) is 0 Å². The first-order valence-corrected chi connectivity index (χ1v) is 6.82. The van der Waals surface area contributed by atoms with Crippen molar-refractivity contribution >= 4 is 22.5 Å². The van der Waals surface area contributed by atoms with Gasteiger partial charge in [0.05, 0.1) is 28.8 Å². The zero-order valence-corrected chi connectivity index (χ0v) is 11.7. The molecule has 0 spiro atoms. The summed E-state index contributed by atoms with van der Waals surface area (Å²) in [6, 6.07) is 5.47. The Balaban J connectivity index is 2.88. The second-order valence-electron chi connectivity index (χ2n) is 4.07. The molecule has 1 aromatic rings. The van der Waals surface area contributed by atoms with Crippen molar-refractivity contribution in [3.8, 4) is 0 Å². The molecular formula is C12H15NO5S. The minimum Gasteiger partial charge on any atom is -0.469 e. The summed E-state index contributed by atoms with van der Waals surface area (Å²) in [6.07, 6.45) is 0. The molecule has 0 heterocycles. The fourth-order valence-corrected chi connectivity index (χ4v) is 2.80. The lowest BCUT2D eigenvalue weighted by molar-refractivity contribution is -0.384. The number of non-ortho nitro benzene ring substituents is 1. The Morgan fingerprint density at radius 2 is 1.84 bits per heavy atom. The minimum atomic E-state index is -1.43. The van der Waals surface area contributed by atoms with Crippen LogP contribution >= 0.6 is 0 Å². The highest BCUT2D eigenvalue weighted by Gasteiger charge is 2.26. The summed E-state index contributed by atoms with van der Waals surface area (Å²) in [5, 5.41) is 10.1. The first-order chi connectivity index (χ1) is 8.88. The molecule has 0 saturated carbocycles. The summed E-state index contributed by atoms with van der Waals surface area (Å²) in [6.45, 7) is 3.32. The van der Waals surface area contributed by atoms with E-state index in [9.17, 15) is 19.1 Å². The maximum atomic E-state index is 12.2. The van der Waals surface area contributed by atoms with Gasteiger partial charge in [-0.2, -0.15) is 0 Å². The molecule has 19 heavy (non-hydrogen) atoms. The van der Waals surface area contributed by atoms with E-state index in [1.807, 2.05) is 0 Å². The van der Waals surface area contributed by atoms with E-state index in [0.29, 0.717) is 4.90 Å². The lowest BCUT2D eigenvalue weighted by atomic mass is 10.1. The van der Waals surface area contributed by atoms with E-state index in [4.69, 9.17) is 0 Å². The standard InChI is InChI=1S/C12H15NO5S/c1-8(12(14)18-3)9(2)19(17)11-6-4-10(5-7-11)13(15)16/h4-9H,1-3H3. The zero-order valence-electron chi connectivity index (χ0n) is 10.9. The fourth-order valence-electron chi connectivity index (χ4n) is 1.48. The molecule has 0 bridgehead atoms. The Morgan fingerprint density at radius 1 is 1.32 bits per heavy atom. The van der Waals surface area contributed by atoms with Gasteiger partial charge in [-0.15, -0.1) is 0 Å². The molecule has 6 nitrogen and oxygen atoms in total. The highest BCUT2D eigenvalue weighted by Crippen LogP contribution is 2.20. The van der Waals surface area contributed by atoms with Crippen LogP contribution in [0.3, 0.4) is 0 Å². The number of methoxy groups -OCH3 is 1. The first kappa shape index (κ1) is 15.3. The number of carbonyl (C=O) groups excluding carboxylic acids is 1. The summed E-state index contributed by atoms with van der Waals surface area (Å²) in [4.78, 5) is 21.8. The normalized spacial score (nSPS) is 15.3. The van der Waals surface area contributed by atoms with E-state index < -0.39 is 32.9 Å². The SMILES string of the molecule is COC(=O)C(C)C(C)S(=O)c1ccc([N+](=O)[O-])cc1. The van der Waals surface area contributed by atoms with Crippen LogP contribution in [-0.4, -0.2) is 27.5 Å².